The largest absolute Gasteiger partial charge is 0.385 e. The molecule has 0 radical (unpaired) electrons. The zero-order chi connectivity index (χ0) is 10.0. The lowest BCUT2D eigenvalue weighted by Crippen LogP contribution is -2.24. The van der Waals surface area contributed by atoms with Crippen molar-refractivity contribution in [3.05, 3.63) is 16.6 Å². The fourth-order valence-electron chi connectivity index (χ4n) is 2.09. The molecule has 74 valence electrons. The van der Waals surface area contributed by atoms with Crippen LogP contribution in [0, 0.1) is 16.7 Å². The topological polar surface area (TPSA) is 56.9 Å². The Morgan fingerprint density at radius 2 is 2.29 bits per heavy atom. The number of hydrogen-bond donors (Lipinski definition) is 1. The maximum atomic E-state index is 10.1. The molecule has 3 nitrogen and oxygen atoms in total. The summed E-state index contributed by atoms with van der Waals surface area (Å²) >= 11 is 1.46. The summed E-state index contributed by atoms with van der Waals surface area (Å²) in [7, 11) is 0. The zero-order valence-electron chi connectivity index (χ0n) is 7.81. The Kier molecular flexibility index (Phi) is 2.53. The smallest absolute Gasteiger partial charge is 0.115 e. The summed E-state index contributed by atoms with van der Waals surface area (Å²) in [4.78, 5) is 4.07. The predicted octanol–water partition coefficient (Wildman–Crippen LogP) is 2.26. The molecular weight excluding hydrogens is 196 g/mol. The predicted molar refractivity (Wildman–Crippen MR) is 53.6 cm³/mol. The van der Waals surface area contributed by atoms with Gasteiger partial charge in [0.25, 0.3) is 0 Å². The highest BCUT2D eigenvalue weighted by Crippen LogP contribution is 2.46. The van der Waals surface area contributed by atoms with Crippen LogP contribution in [0.1, 0.15) is 37.5 Å². The Morgan fingerprint density at radius 1 is 1.57 bits per heavy atom. The second-order valence-electron chi connectivity index (χ2n) is 3.79. The average Bonchev–Trinajstić information content (AvgIpc) is 2.89. The lowest BCUT2D eigenvalue weighted by atomic mass is 9.81. The van der Waals surface area contributed by atoms with E-state index in [-0.39, 0.29) is 0 Å². The molecule has 1 aliphatic carbocycles. The standard InChI is InChI=1S/C10H12N2OS/c11-6-10(3-1-2-4-10)9(13)8-5-14-7-12-8/h5,7,9,13H,1-4H2. The number of aliphatic hydroxyl groups is 1. The van der Waals surface area contributed by atoms with Gasteiger partial charge in [0, 0.05) is 5.38 Å². The Labute approximate surface area is 87.0 Å². The third-order valence-corrected chi connectivity index (χ3v) is 3.58. The van der Waals surface area contributed by atoms with Gasteiger partial charge in [-0.05, 0) is 12.8 Å². The molecule has 0 saturated heterocycles. The van der Waals surface area contributed by atoms with Crippen LogP contribution in [0.25, 0.3) is 0 Å². The number of hydrogen-bond acceptors (Lipinski definition) is 4. The first kappa shape index (κ1) is 9.63. The number of aromatic nitrogens is 1. The van der Waals surface area contributed by atoms with E-state index in [9.17, 15) is 5.11 Å². The zero-order valence-corrected chi connectivity index (χ0v) is 8.63. The van der Waals surface area contributed by atoms with E-state index < -0.39 is 11.5 Å². The van der Waals surface area contributed by atoms with Gasteiger partial charge in [-0.1, -0.05) is 12.8 Å². The summed E-state index contributed by atoms with van der Waals surface area (Å²) < 4.78 is 0. The normalized spacial score (nSPS) is 21.7. The van der Waals surface area contributed by atoms with E-state index in [1.54, 1.807) is 5.51 Å². The van der Waals surface area contributed by atoms with Gasteiger partial charge in [-0.3, -0.25) is 0 Å². The molecule has 1 aliphatic rings. The highest BCUT2D eigenvalue weighted by atomic mass is 32.1. The third-order valence-electron chi connectivity index (χ3n) is 2.97. The first-order valence-electron chi connectivity index (χ1n) is 4.76. The summed E-state index contributed by atoms with van der Waals surface area (Å²) in [6.07, 6.45) is 2.95. The van der Waals surface area contributed by atoms with Gasteiger partial charge >= 0.3 is 0 Å². The van der Waals surface area contributed by atoms with Crippen LogP contribution in [0.5, 0.6) is 0 Å². The SMILES string of the molecule is N#CC1(C(O)c2cscn2)CCCC1. The molecular formula is C10H12N2OS. The van der Waals surface area contributed by atoms with E-state index in [4.69, 9.17) is 5.26 Å². The Hall–Kier alpha value is -0.920. The van der Waals surface area contributed by atoms with Gasteiger partial charge < -0.3 is 5.11 Å². The van der Waals surface area contributed by atoms with Crippen LogP contribution >= 0.6 is 11.3 Å². The fraction of sp³-hybridized carbons (Fsp3) is 0.600. The molecule has 1 saturated carbocycles. The number of thiazole rings is 1. The quantitative estimate of drug-likeness (QED) is 0.811. The lowest BCUT2D eigenvalue weighted by Gasteiger charge is -2.25. The minimum atomic E-state index is -0.707. The summed E-state index contributed by atoms with van der Waals surface area (Å²) in [6, 6.07) is 2.28. The fourth-order valence-corrected chi connectivity index (χ4v) is 2.66. The molecule has 0 spiro atoms. The lowest BCUT2D eigenvalue weighted by molar-refractivity contribution is 0.0639. The summed E-state index contributed by atoms with van der Waals surface area (Å²) in [5.41, 5.74) is 1.77. The van der Waals surface area contributed by atoms with Crippen LogP contribution < -0.4 is 0 Å². The van der Waals surface area contributed by atoms with Crippen molar-refractivity contribution in [2.24, 2.45) is 5.41 Å². The third kappa shape index (κ3) is 1.43. The molecule has 1 atom stereocenters. The van der Waals surface area contributed by atoms with E-state index >= 15 is 0 Å². The number of rotatable bonds is 2. The molecule has 0 bridgehead atoms. The number of nitriles is 1. The van der Waals surface area contributed by atoms with Gasteiger partial charge in [-0.15, -0.1) is 11.3 Å². The number of aliphatic hydroxyl groups excluding tert-OH is 1. The van der Waals surface area contributed by atoms with Gasteiger partial charge in [0.05, 0.1) is 22.7 Å². The van der Waals surface area contributed by atoms with Gasteiger partial charge in [0.2, 0.25) is 0 Å². The van der Waals surface area contributed by atoms with E-state index in [1.807, 2.05) is 5.38 Å². The highest BCUT2D eigenvalue weighted by molar-refractivity contribution is 7.07. The molecule has 1 heterocycles. The van der Waals surface area contributed by atoms with Crippen LogP contribution in [0.3, 0.4) is 0 Å². The second-order valence-corrected chi connectivity index (χ2v) is 4.51. The van der Waals surface area contributed by atoms with Crippen molar-refractivity contribution in [2.45, 2.75) is 31.8 Å². The molecule has 4 heteroatoms. The van der Waals surface area contributed by atoms with Crippen LogP contribution in [-0.4, -0.2) is 10.1 Å². The maximum absolute atomic E-state index is 10.1. The van der Waals surface area contributed by atoms with E-state index in [0.29, 0.717) is 5.69 Å². The van der Waals surface area contributed by atoms with Gasteiger partial charge in [0.15, 0.2) is 0 Å². The van der Waals surface area contributed by atoms with Crippen molar-refractivity contribution >= 4 is 11.3 Å². The monoisotopic (exact) mass is 208 g/mol. The molecule has 0 amide bonds. The summed E-state index contributed by atoms with van der Waals surface area (Å²) in [5, 5.41) is 21.1. The van der Waals surface area contributed by atoms with Crippen molar-refractivity contribution in [3.63, 3.8) is 0 Å². The summed E-state index contributed by atoms with van der Waals surface area (Å²) in [5.74, 6) is 0. The van der Waals surface area contributed by atoms with Crippen molar-refractivity contribution in [1.82, 2.24) is 4.98 Å². The molecule has 0 aliphatic heterocycles. The molecule has 1 aromatic heterocycles. The molecule has 1 unspecified atom stereocenters. The molecule has 2 rings (SSSR count). The minimum absolute atomic E-state index is 0.575. The van der Waals surface area contributed by atoms with Gasteiger partial charge in [0.1, 0.15) is 6.10 Å². The van der Waals surface area contributed by atoms with Crippen molar-refractivity contribution in [2.75, 3.05) is 0 Å². The van der Waals surface area contributed by atoms with Crippen molar-refractivity contribution < 1.29 is 5.11 Å². The molecule has 1 fully saturated rings. The number of nitrogens with zero attached hydrogens (tertiary/aromatic N) is 2. The molecule has 1 aromatic rings. The van der Waals surface area contributed by atoms with E-state index in [0.717, 1.165) is 25.7 Å². The molecule has 0 aromatic carbocycles. The van der Waals surface area contributed by atoms with E-state index in [2.05, 4.69) is 11.1 Å². The Morgan fingerprint density at radius 3 is 2.79 bits per heavy atom. The minimum Gasteiger partial charge on any atom is -0.385 e. The van der Waals surface area contributed by atoms with E-state index in [1.165, 1.54) is 11.3 Å². The Balaban J connectivity index is 2.25. The molecule has 14 heavy (non-hydrogen) atoms. The average molecular weight is 208 g/mol. The van der Waals surface area contributed by atoms with Crippen LogP contribution in [-0.2, 0) is 0 Å². The Bertz CT molecular complexity index is 336. The molecule has 1 N–H and O–H groups in total. The van der Waals surface area contributed by atoms with Crippen LogP contribution in [0.2, 0.25) is 0 Å². The van der Waals surface area contributed by atoms with Crippen LogP contribution in [0.4, 0.5) is 0 Å². The van der Waals surface area contributed by atoms with Crippen molar-refractivity contribution in [1.29, 1.82) is 5.26 Å². The maximum Gasteiger partial charge on any atom is 0.115 e. The van der Waals surface area contributed by atoms with Crippen LogP contribution in [0.15, 0.2) is 10.9 Å². The summed E-state index contributed by atoms with van der Waals surface area (Å²) in [6.45, 7) is 0. The van der Waals surface area contributed by atoms with Gasteiger partial charge in [-0.2, -0.15) is 5.26 Å². The van der Waals surface area contributed by atoms with Crippen molar-refractivity contribution in [3.8, 4) is 6.07 Å². The second kappa shape index (κ2) is 3.68. The first-order valence-corrected chi connectivity index (χ1v) is 5.70. The highest BCUT2D eigenvalue weighted by Gasteiger charge is 2.42. The first-order chi connectivity index (χ1) is 6.78. The van der Waals surface area contributed by atoms with Gasteiger partial charge in [-0.25, -0.2) is 4.98 Å².